The zero-order valence-corrected chi connectivity index (χ0v) is 13.4. The number of nitrogens with zero attached hydrogens (tertiary/aromatic N) is 2. The average molecular weight is 308 g/mol. The Morgan fingerprint density at radius 1 is 1.26 bits per heavy atom. The largest absolute Gasteiger partial charge is 0.459 e. The Morgan fingerprint density at radius 2 is 2.09 bits per heavy atom. The minimum absolute atomic E-state index is 0.0937. The van der Waals surface area contributed by atoms with Gasteiger partial charge in [-0.05, 0) is 37.1 Å². The normalized spacial score (nSPS) is 12.3. The fourth-order valence-electron chi connectivity index (χ4n) is 2.59. The summed E-state index contributed by atoms with van der Waals surface area (Å²) in [4.78, 5) is 18.2. The SMILES string of the molecule is CC(c1cc2ccccc2o1)N(C)C(=O)CCc1cccnc1. The van der Waals surface area contributed by atoms with Crippen LogP contribution in [0.2, 0.25) is 0 Å². The van der Waals surface area contributed by atoms with Crippen molar-refractivity contribution in [2.45, 2.75) is 25.8 Å². The van der Waals surface area contributed by atoms with Crippen LogP contribution in [0.1, 0.15) is 30.7 Å². The van der Waals surface area contributed by atoms with Gasteiger partial charge in [0.2, 0.25) is 5.91 Å². The van der Waals surface area contributed by atoms with Gasteiger partial charge >= 0.3 is 0 Å². The van der Waals surface area contributed by atoms with Gasteiger partial charge in [0.1, 0.15) is 11.3 Å². The molecule has 0 fully saturated rings. The van der Waals surface area contributed by atoms with Crippen molar-refractivity contribution in [3.05, 3.63) is 66.2 Å². The highest BCUT2D eigenvalue weighted by molar-refractivity contribution is 5.79. The topological polar surface area (TPSA) is 46.3 Å². The van der Waals surface area contributed by atoms with Crippen LogP contribution >= 0.6 is 0 Å². The lowest BCUT2D eigenvalue weighted by atomic mass is 10.1. The molecule has 4 nitrogen and oxygen atoms in total. The molecule has 118 valence electrons. The number of carbonyl (C=O) groups is 1. The smallest absolute Gasteiger partial charge is 0.223 e. The Balaban J connectivity index is 1.66. The van der Waals surface area contributed by atoms with Crippen molar-refractivity contribution in [1.82, 2.24) is 9.88 Å². The van der Waals surface area contributed by atoms with Crippen LogP contribution in [0.25, 0.3) is 11.0 Å². The Bertz CT molecular complexity index is 762. The van der Waals surface area contributed by atoms with Crippen molar-refractivity contribution in [3.63, 3.8) is 0 Å². The van der Waals surface area contributed by atoms with Gasteiger partial charge in [0.25, 0.3) is 0 Å². The summed E-state index contributed by atoms with van der Waals surface area (Å²) >= 11 is 0. The molecule has 23 heavy (non-hydrogen) atoms. The number of aromatic nitrogens is 1. The Labute approximate surface area is 135 Å². The number of carbonyl (C=O) groups excluding carboxylic acids is 1. The molecule has 0 bridgehead atoms. The quantitative estimate of drug-likeness (QED) is 0.716. The molecule has 0 radical (unpaired) electrons. The van der Waals surface area contributed by atoms with E-state index in [1.54, 1.807) is 17.3 Å². The van der Waals surface area contributed by atoms with E-state index in [4.69, 9.17) is 4.42 Å². The molecule has 0 saturated heterocycles. The second-order valence-electron chi connectivity index (χ2n) is 5.73. The molecule has 1 unspecified atom stereocenters. The van der Waals surface area contributed by atoms with Crippen LogP contribution in [0.15, 0.2) is 59.3 Å². The van der Waals surface area contributed by atoms with E-state index in [0.29, 0.717) is 12.8 Å². The number of amides is 1. The summed E-state index contributed by atoms with van der Waals surface area (Å²) in [6.45, 7) is 1.99. The van der Waals surface area contributed by atoms with Gasteiger partial charge in [-0.1, -0.05) is 24.3 Å². The van der Waals surface area contributed by atoms with E-state index in [9.17, 15) is 4.79 Å². The molecule has 0 aliphatic heterocycles. The van der Waals surface area contributed by atoms with Crippen molar-refractivity contribution in [2.24, 2.45) is 0 Å². The lowest BCUT2D eigenvalue weighted by Crippen LogP contribution is -2.29. The van der Waals surface area contributed by atoms with E-state index in [2.05, 4.69) is 4.98 Å². The minimum Gasteiger partial charge on any atom is -0.459 e. The molecule has 3 rings (SSSR count). The molecule has 1 aromatic carbocycles. The summed E-state index contributed by atoms with van der Waals surface area (Å²) < 4.78 is 5.86. The monoisotopic (exact) mass is 308 g/mol. The predicted octanol–water partition coefficient (Wildman–Crippen LogP) is 3.98. The average Bonchev–Trinajstić information content (AvgIpc) is 3.03. The maximum absolute atomic E-state index is 12.4. The number of hydrogen-bond acceptors (Lipinski definition) is 3. The molecule has 4 heteroatoms. The lowest BCUT2D eigenvalue weighted by Gasteiger charge is -2.23. The van der Waals surface area contributed by atoms with Gasteiger partial charge in [-0.2, -0.15) is 0 Å². The van der Waals surface area contributed by atoms with Crippen LogP contribution in [0.3, 0.4) is 0 Å². The molecule has 0 spiro atoms. The van der Waals surface area contributed by atoms with Crippen LogP contribution < -0.4 is 0 Å². The van der Waals surface area contributed by atoms with Gasteiger partial charge in [0, 0.05) is 31.2 Å². The second-order valence-corrected chi connectivity index (χ2v) is 5.73. The third kappa shape index (κ3) is 3.42. The number of rotatable bonds is 5. The number of hydrogen-bond donors (Lipinski definition) is 0. The summed E-state index contributed by atoms with van der Waals surface area (Å²) in [5.74, 6) is 0.908. The molecule has 2 heterocycles. The second kappa shape index (κ2) is 6.65. The first kappa shape index (κ1) is 15.3. The van der Waals surface area contributed by atoms with Crippen molar-refractivity contribution in [2.75, 3.05) is 7.05 Å². The van der Waals surface area contributed by atoms with Gasteiger partial charge < -0.3 is 9.32 Å². The standard InChI is InChI=1S/C19H20N2O2/c1-14(18-12-16-7-3-4-8-17(16)23-18)21(2)19(22)10-9-15-6-5-11-20-13-15/h3-8,11-14H,9-10H2,1-2H3. The summed E-state index contributed by atoms with van der Waals surface area (Å²) in [6, 6.07) is 13.7. The molecule has 0 saturated carbocycles. The van der Waals surface area contributed by atoms with Crippen LogP contribution in [0.4, 0.5) is 0 Å². The first-order valence-corrected chi connectivity index (χ1v) is 7.78. The zero-order chi connectivity index (χ0) is 16.2. The lowest BCUT2D eigenvalue weighted by molar-refractivity contribution is -0.132. The van der Waals surface area contributed by atoms with Crippen molar-refractivity contribution in [1.29, 1.82) is 0 Å². The highest BCUT2D eigenvalue weighted by Crippen LogP contribution is 2.27. The molecular formula is C19H20N2O2. The Morgan fingerprint density at radius 3 is 2.83 bits per heavy atom. The van der Waals surface area contributed by atoms with Crippen molar-refractivity contribution < 1.29 is 9.21 Å². The third-order valence-electron chi connectivity index (χ3n) is 4.18. The molecule has 2 aromatic heterocycles. The van der Waals surface area contributed by atoms with E-state index in [-0.39, 0.29) is 11.9 Å². The van der Waals surface area contributed by atoms with Crippen LogP contribution in [0, 0.1) is 0 Å². The van der Waals surface area contributed by atoms with Crippen molar-refractivity contribution >= 4 is 16.9 Å². The Hall–Kier alpha value is -2.62. The van der Waals surface area contributed by atoms with Gasteiger partial charge in [0.05, 0.1) is 6.04 Å². The van der Waals surface area contributed by atoms with Crippen molar-refractivity contribution in [3.8, 4) is 0 Å². The molecule has 1 atom stereocenters. The summed E-state index contributed by atoms with van der Waals surface area (Å²) in [7, 11) is 1.82. The maximum Gasteiger partial charge on any atom is 0.223 e. The molecule has 3 aromatic rings. The molecule has 0 N–H and O–H groups in total. The first-order chi connectivity index (χ1) is 11.1. The highest BCUT2D eigenvalue weighted by atomic mass is 16.3. The molecular weight excluding hydrogens is 288 g/mol. The number of furan rings is 1. The molecule has 0 aliphatic carbocycles. The van der Waals surface area contributed by atoms with E-state index < -0.39 is 0 Å². The highest BCUT2D eigenvalue weighted by Gasteiger charge is 2.20. The fourth-order valence-corrected chi connectivity index (χ4v) is 2.59. The molecule has 0 aliphatic rings. The predicted molar refractivity (Wildman–Crippen MR) is 90.0 cm³/mol. The van der Waals surface area contributed by atoms with Crippen LogP contribution in [-0.2, 0) is 11.2 Å². The minimum atomic E-state index is -0.0937. The molecule has 1 amide bonds. The Kier molecular flexibility index (Phi) is 4.42. The number of aryl methyl sites for hydroxylation is 1. The summed E-state index contributed by atoms with van der Waals surface area (Å²) in [6.07, 6.45) is 4.70. The number of para-hydroxylation sites is 1. The maximum atomic E-state index is 12.4. The first-order valence-electron chi connectivity index (χ1n) is 7.78. The summed E-state index contributed by atoms with van der Waals surface area (Å²) in [5, 5.41) is 1.06. The van der Waals surface area contributed by atoms with E-state index >= 15 is 0 Å². The number of benzene rings is 1. The number of pyridine rings is 1. The zero-order valence-electron chi connectivity index (χ0n) is 13.4. The summed E-state index contributed by atoms with van der Waals surface area (Å²) in [5.41, 5.74) is 1.93. The van der Waals surface area contributed by atoms with E-state index in [1.807, 2.05) is 56.4 Å². The van der Waals surface area contributed by atoms with Gasteiger partial charge in [0.15, 0.2) is 0 Å². The third-order valence-corrected chi connectivity index (χ3v) is 4.18. The van der Waals surface area contributed by atoms with Gasteiger partial charge in [-0.15, -0.1) is 0 Å². The van der Waals surface area contributed by atoms with Crippen LogP contribution in [0.5, 0.6) is 0 Å². The van der Waals surface area contributed by atoms with Gasteiger partial charge in [-0.25, -0.2) is 0 Å². The number of fused-ring (bicyclic) bond motifs is 1. The van der Waals surface area contributed by atoms with E-state index in [0.717, 1.165) is 22.3 Å². The van der Waals surface area contributed by atoms with Gasteiger partial charge in [-0.3, -0.25) is 9.78 Å². The fraction of sp³-hybridized carbons (Fsp3) is 0.263. The van der Waals surface area contributed by atoms with Crippen LogP contribution in [-0.4, -0.2) is 22.8 Å². The van der Waals surface area contributed by atoms with E-state index in [1.165, 1.54) is 0 Å².